The normalized spacial score (nSPS) is 11.1. The van der Waals surface area contributed by atoms with Crippen LogP contribution in [0.1, 0.15) is 16.7 Å². The number of hydrogen-bond donors (Lipinski definition) is 1. The first-order valence-electron chi connectivity index (χ1n) is 8.91. The minimum atomic E-state index is -0.0868. The second-order valence-corrected chi connectivity index (χ2v) is 8.60. The van der Waals surface area contributed by atoms with E-state index >= 15 is 0 Å². The van der Waals surface area contributed by atoms with Crippen LogP contribution in [-0.2, 0) is 4.79 Å². The highest BCUT2D eigenvalue weighted by Crippen LogP contribution is 2.28. The summed E-state index contributed by atoms with van der Waals surface area (Å²) in [5, 5.41) is 4.33. The first-order valence-corrected chi connectivity index (χ1v) is 10.7. The van der Waals surface area contributed by atoms with Gasteiger partial charge in [0.1, 0.15) is 0 Å². The average molecular weight is 409 g/mol. The van der Waals surface area contributed by atoms with E-state index in [1.165, 1.54) is 39.8 Å². The van der Waals surface area contributed by atoms with E-state index in [-0.39, 0.29) is 11.7 Å². The topological polar surface area (TPSA) is 59.8 Å². The Labute approximate surface area is 171 Å². The molecule has 0 spiro atoms. The number of rotatable bonds is 5. The van der Waals surface area contributed by atoms with Gasteiger partial charge in [0.15, 0.2) is 10.3 Å². The third kappa shape index (κ3) is 3.81. The maximum absolute atomic E-state index is 12.4. The fourth-order valence-electron chi connectivity index (χ4n) is 2.95. The maximum atomic E-state index is 12.4. The number of benzene rings is 2. The summed E-state index contributed by atoms with van der Waals surface area (Å²) < 4.78 is 3.11. The van der Waals surface area contributed by atoms with Gasteiger partial charge in [0, 0.05) is 12.4 Å². The highest BCUT2D eigenvalue weighted by atomic mass is 32.2. The smallest absolute Gasteiger partial charge is 0.236 e. The van der Waals surface area contributed by atoms with Crippen molar-refractivity contribution in [3.05, 3.63) is 65.5 Å². The number of carbonyl (C=O) groups is 1. The summed E-state index contributed by atoms with van der Waals surface area (Å²) in [7, 11) is 0. The Balaban J connectivity index is 1.45. The van der Waals surface area contributed by atoms with Gasteiger partial charge in [-0.2, -0.15) is 0 Å². The summed E-state index contributed by atoms with van der Waals surface area (Å²) in [5.41, 5.74) is 5.61. The number of carbonyl (C=O) groups excluding carboxylic acids is 1. The van der Waals surface area contributed by atoms with Gasteiger partial charge in [0.25, 0.3) is 0 Å². The summed E-state index contributed by atoms with van der Waals surface area (Å²) in [6.45, 7) is 6.24. The highest BCUT2D eigenvalue weighted by molar-refractivity contribution is 7.99. The molecule has 0 aliphatic carbocycles. The van der Waals surface area contributed by atoms with Crippen molar-refractivity contribution in [2.24, 2.45) is 0 Å². The number of nitrogens with zero attached hydrogens (tertiary/aromatic N) is 3. The van der Waals surface area contributed by atoms with Crippen LogP contribution in [0.5, 0.6) is 0 Å². The molecule has 0 saturated carbocycles. The van der Waals surface area contributed by atoms with Crippen LogP contribution in [0.25, 0.3) is 15.9 Å². The molecule has 142 valence electrons. The number of hydrogen-bond acceptors (Lipinski definition) is 5. The van der Waals surface area contributed by atoms with Gasteiger partial charge in [-0.15, -0.1) is 0 Å². The Kier molecular flexibility index (Phi) is 5.19. The summed E-state index contributed by atoms with van der Waals surface area (Å²) in [6, 6.07) is 12.3. The number of nitrogens with one attached hydrogen (secondary N) is 1. The molecular formula is C21H20N4OS2. The van der Waals surface area contributed by atoms with Gasteiger partial charge in [-0.25, -0.2) is 9.97 Å². The maximum Gasteiger partial charge on any atom is 0.236 e. The molecule has 0 unspecified atom stereocenters. The molecule has 2 heterocycles. The van der Waals surface area contributed by atoms with Crippen molar-refractivity contribution in [2.75, 3.05) is 11.1 Å². The lowest BCUT2D eigenvalue weighted by Gasteiger charge is -2.12. The van der Waals surface area contributed by atoms with E-state index in [1.807, 2.05) is 35.9 Å². The van der Waals surface area contributed by atoms with Crippen molar-refractivity contribution >= 4 is 44.4 Å². The molecule has 0 saturated heterocycles. The minimum Gasteiger partial charge on any atom is -0.301 e. The minimum absolute atomic E-state index is 0.0868. The van der Waals surface area contributed by atoms with E-state index < -0.39 is 0 Å². The van der Waals surface area contributed by atoms with Crippen molar-refractivity contribution in [3.63, 3.8) is 0 Å². The highest BCUT2D eigenvalue weighted by Gasteiger charge is 2.13. The third-order valence-corrected chi connectivity index (χ3v) is 6.47. The largest absolute Gasteiger partial charge is 0.301 e. The zero-order valence-electron chi connectivity index (χ0n) is 15.9. The van der Waals surface area contributed by atoms with Crippen LogP contribution in [0.2, 0.25) is 0 Å². The molecule has 0 atom stereocenters. The molecule has 0 radical (unpaired) electrons. The summed E-state index contributed by atoms with van der Waals surface area (Å²) >= 11 is 2.91. The second-order valence-electron chi connectivity index (χ2n) is 6.63. The fraction of sp³-hybridized carbons (Fsp3) is 0.190. The zero-order valence-corrected chi connectivity index (χ0v) is 17.5. The lowest BCUT2D eigenvalue weighted by Crippen LogP contribution is -2.14. The zero-order chi connectivity index (χ0) is 19.7. The number of thioether (sulfide) groups is 1. The molecule has 1 N–H and O–H groups in total. The van der Waals surface area contributed by atoms with Crippen molar-refractivity contribution < 1.29 is 4.79 Å². The molecule has 7 heteroatoms. The molecule has 28 heavy (non-hydrogen) atoms. The van der Waals surface area contributed by atoms with Crippen LogP contribution < -0.4 is 5.32 Å². The van der Waals surface area contributed by atoms with Crippen molar-refractivity contribution in [1.82, 2.24) is 14.5 Å². The standard InChI is InChI=1S/C21H20N4OS2/c1-13-7-8-16-18(11-13)28-20(23-16)24-19(26)12-27-21-22-9-10-25(21)17-6-4-5-14(2)15(17)3/h4-11H,12H2,1-3H3,(H,23,24,26). The summed E-state index contributed by atoms with van der Waals surface area (Å²) in [4.78, 5) is 21.3. The van der Waals surface area contributed by atoms with Crippen LogP contribution in [0.15, 0.2) is 53.9 Å². The fourth-order valence-corrected chi connectivity index (χ4v) is 4.69. The van der Waals surface area contributed by atoms with Crippen LogP contribution in [0.3, 0.4) is 0 Å². The number of fused-ring (bicyclic) bond motifs is 1. The number of thiazole rings is 1. The van der Waals surface area contributed by atoms with Gasteiger partial charge >= 0.3 is 0 Å². The Bertz CT molecular complexity index is 1160. The van der Waals surface area contributed by atoms with E-state index in [1.54, 1.807) is 6.20 Å². The first-order chi connectivity index (χ1) is 13.5. The number of anilines is 1. The van der Waals surface area contributed by atoms with E-state index in [0.717, 1.165) is 21.1 Å². The quantitative estimate of drug-likeness (QED) is 0.465. The Morgan fingerprint density at radius 3 is 2.93 bits per heavy atom. The van der Waals surface area contributed by atoms with E-state index in [4.69, 9.17) is 0 Å². The predicted molar refractivity (Wildman–Crippen MR) is 117 cm³/mol. The molecule has 0 bridgehead atoms. The Morgan fingerprint density at radius 1 is 1.21 bits per heavy atom. The monoisotopic (exact) mass is 408 g/mol. The molecule has 0 aliphatic heterocycles. The van der Waals surface area contributed by atoms with Crippen LogP contribution in [-0.4, -0.2) is 26.2 Å². The molecule has 0 fully saturated rings. The van der Waals surface area contributed by atoms with Gasteiger partial charge in [-0.3, -0.25) is 9.36 Å². The van der Waals surface area contributed by atoms with Gasteiger partial charge < -0.3 is 5.32 Å². The van der Waals surface area contributed by atoms with E-state index in [2.05, 4.69) is 47.3 Å². The molecule has 4 aromatic rings. The molecule has 2 aromatic heterocycles. The Hall–Kier alpha value is -2.64. The average Bonchev–Trinajstić information content (AvgIpc) is 3.28. The van der Waals surface area contributed by atoms with Crippen LogP contribution in [0, 0.1) is 20.8 Å². The molecule has 5 nitrogen and oxygen atoms in total. The SMILES string of the molecule is Cc1ccc2nc(NC(=O)CSc3nccn3-c3cccc(C)c3C)sc2c1. The predicted octanol–water partition coefficient (Wildman–Crippen LogP) is 5.14. The van der Waals surface area contributed by atoms with Crippen LogP contribution in [0.4, 0.5) is 5.13 Å². The van der Waals surface area contributed by atoms with E-state index in [9.17, 15) is 4.79 Å². The van der Waals surface area contributed by atoms with Gasteiger partial charge in [-0.1, -0.05) is 41.3 Å². The molecule has 1 amide bonds. The molecule has 4 rings (SSSR count). The van der Waals surface area contributed by atoms with Crippen molar-refractivity contribution in [1.29, 1.82) is 0 Å². The number of imidazole rings is 1. The molecule has 2 aromatic carbocycles. The van der Waals surface area contributed by atoms with Crippen LogP contribution >= 0.6 is 23.1 Å². The molecule has 0 aliphatic rings. The second kappa shape index (κ2) is 7.77. The van der Waals surface area contributed by atoms with Crippen molar-refractivity contribution in [2.45, 2.75) is 25.9 Å². The van der Waals surface area contributed by atoms with Gasteiger partial charge in [-0.05, 0) is 55.7 Å². The lowest BCUT2D eigenvalue weighted by atomic mass is 10.1. The summed E-state index contributed by atoms with van der Waals surface area (Å²) in [5.74, 6) is 0.188. The summed E-state index contributed by atoms with van der Waals surface area (Å²) in [6.07, 6.45) is 3.69. The van der Waals surface area contributed by atoms with Gasteiger partial charge in [0.2, 0.25) is 5.91 Å². The third-order valence-electron chi connectivity index (χ3n) is 4.57. The number of aromatic nitrogens is 3. The van der Waals surface area contributed by atoms with E-state index in [0.29, 0.717) is 5.13 Å². The lowest BCUT2D eigenvalue weighted by molar-refractivity contribution is -0.113. The first kappa shape index (κ1) is 18.7. The number of amides is 1. The van der Waals surface area contributed by atoms with Crippen molar-refractivity contribution in [3.8, 4) is 5.69 Å². The molecular weight excluding hydrogens is 388 g/mol. The number of aryl methyl sites for hydroxylation is 2. The van der Waals surface area contributed by atoms with Gasteiger partial charge in [0.05, 0.1) is 21.7 Å². The Morgan fingerprint density at radius 2 is 2.07 bits per heavy atom.